The van der Waals surface area contributed by atoms with Crippen LogP contribution in [0.5, 0.6) is 0 Å². The van der Waals surface area contributed by atoms with Gasteiger partial charge < -0.3 is 5.11 Å². The van der Waals surface area contributed by atoms with Gasteiger partial charge >= 0.3 is 5.97 Å². The minimum atomic E-state index is -1.08. The smallest absolute Gasteiger partial charge is 0.335 e. The number of benzene rings is 2. The summed E-state index contributed by atoms with van der Waals surface area (Å²) in [4.78, 5) is 10.9. The molecule has 0 radical (unpaired) electrons. The number of carbonyl (C=O) groups is 1. The quantitative estimate of drug-likeness (QED) is 0.496. The predicted octanol–water partition coefficient (Wildman–Crippen LogP) is 6.32. The maximum Gasteiger partial charge on any atom is 0.335 e. The van der Waals surface area contributed by atoms with E-state index in [1.165, 1.54) is 24.3 Å². The lowest BCUT2D eigenvalue weighted by Gasteiger charge is -2.12. The third kappa shape index (κ3) is 2.85. The molecule has 2 nitrogen and oxygen atoms in total. The Morgan fingerprint density at radius 3 is 2.05 bits per heavy atom. The lowest BCUT2D eigenvalue weighted by molar-refractivity contribution is 0.0697. The largest absolute Gasteiger partial charge is 0.478 e. The first-order chi connectivity index (χ1) is 9.32. The van der Waals surface area contributed by atoms with Crippen molar-refractivity contribution in [3.05, 3.63) is 54.9 Å². The number of aromatic carboxylic acids is 1. The highest BCUT2D eigenvalue weighted by Gasteiger charge is 2.18. The first-order valence-corrected chi connectivity index (χ1v) is 7.08. The van der Waals surface area contributed by atoms with Gasteiger partial charge in [-0.25, -0.2) is 4.79 Å². The zero-order chi connectivity index (χ0) is 15.0. The molecule has 7 heteroatoms. The molecule has 2 aromatic carbocycles. The molecule has 0 amide bonds. The SMILES string of the molecule is O=C(O)c1ccc(-c2c(Cl)cc(Cl)c(Cl)c2Cl)c(Cl)c1. The van der Waals surface area contributed by atoms with Gasteiger partial charge in [-0.15, -0.1) is 0 Å². The van der Waals surface area contributed by atoms with Gasteiger partial charge in [0.1, 0.15) is 0 Å². The summed E-state index contributed by atoms with van der Waals surface area (Å²) in [5.74, 6) is -1.08. The van der Waals surface area contributed by atoms with Crippen LogP contribution in [-0.4, -0.2) is 11.1 Å². The Hall–Kier alpha value is -0.640. The summed E-state index contributed by atoms with van der Waals surface area (Å²) in [5.41, 5.74) is 0.945. The van der Waals surface area contributed by atoms with E-state index in [-0.39, 0.29) is 30.7 Å². The summed E-state index contributed by atoms with van der Waals surface area (Å²) < 4.78 is 0. The molecular weight excluding hydrogens is 365 g/mol. The molecule has 0 aliphatic rings. The van der Waals surface area contributed by atoms with Crippen LogP contribution in [0, 0.1) is 0 Å². The summed E-state index contributed by atoms with van der Waals surface area (Å²) >= 11 is 30.2. The zero-order valence-electron chi connectivity index (χ0n) is 9.55. The average Bonchev–Trinajstić information content (AvgIpc) is 2.37. The molecule has 0 aliphatic heterocycles. The average molecular weight is 370 g/mol. The van der Waals surface area contributed by atoms with E-state index in [9.17, 15) is 4.79 Å². The van der Waals surface area contributed by atoms with Crippen molar-refractivity contribution >= 4 is 64.0 Å². The number of carboxylic acids is 1. The molecule has 0 spiro atoms. The van der Waals surface area contributed by atoms with E-state index in [0.29, 0.717) is 11.1 Å². The molecule has 2 rings (SSSR count). The lowest BCUT2D eigenvalue weighted by Crippen LogP contribution is -1.96. The van der Waals surface area contributed by atoms with Gasteiger partial charge in [0.2, 0.25) is 0 Å². The van der Waals surface area contributed by atoms with Crippen LogP contribution in [0.15, 0.2) is 24.3 Å². The molecule has 0 heterocycles. The normalized spacial score (nSPS) is 10.7. The van der Waals surface area contributed by atoms with E-state index in [1.807, 2.05) is 0 Å². The van der Waals surface area contributed by atoms with Crippen LogP contribution < -0.4 is 0 Å². The molecule has 1 N–H and O–H groups in total. The van der Waals surface area contributed by atoms with Crippen LogP contribution in [0.2, 0.25) is 25.1 Å². The molecule has 2 aromatic rings. The molecule has 0 unspecified atom stereocenters. The molecule has 0 aromatic heterocycles. The van der Waals surface area contributed by atoms with Gasteiger partial charge in [-0.2, -0.15) is 0 Å². The van der Waals surface area contributed by atoms with Crippen LogP contribution in [0.25, 0.3) is 11.1 Å². The van der Waals surface area contributed by atoms with Gasteiger partial charge in [-0.3, -0.25) is 0 Å². The molecule has 20 heavy (non-hydrogen) atoms. The number of rotatable bonds is 2. The van der Waals surface area contributed by atoms with Gasteiger partial charge in [0, 0.05) is 16.1 Å². The molecule has 0 bridgehead atoms. The second kappa shape index (κ2) is 6.00. The van der Waals surface area contributed by atoms with Crippen molar-refractivity contribution in [2.45, 2.75) is 0 Å². The summed E-state index contributed by atoms with van der Waals surface area (Å²) in [6, 6.07) is 5.68. The summed E-state index contributed by atoms with van der Waals surface area (Å²) in [7, 11) is 0. The standard InChI is InChI=1S/C13H5Cl5O2/c14-7-3-5(13(19)20)1-2-6(7)10-8(15)4-9(16)11(17)12(10)18/h1-4H,(H,19,20). The number of halogens is 5. The van der Waals surface area contributed by atoms with Crippen LogP contribution >= 0.6 is 58.0 Å². The molecule has 0 atom stereocenters. The predicted molar refractivity (Wildman–Crippen MR) is 83.9 cm³/mol. The van der Waals surface area contributed by atoms with E-state index in [0.717, 1.165) is 0 Å². The molecule has 0 saturated carbocycles. The van der Waals surface area contributed by atoms with Crippen molar-refractivity contribution in [3.63, 3.8) is 0 Å². The topological polar surface area (TPSA) is 37.3 Å². The molecular formula is C13H5Cl5O2. The fraction of sp³-hybridized carbons (Fsp3) is 0. The monoisotopic (exact) mass is 368 g/mol. The maximum absolute atomic E-state index is 10.9. The summed E-state index contributed by atoms with van der Waals surface area (Å²) in [5, 5.41) is 9.93. The van der Waals surface area contributed by atoms with E-state index in [1.54, 1.807) is 0 Å². The second-order valence-corrected chi connectivity index (χ2v) is 5.82. The van der Waals surface area contributed by atoms with Crippen molar-refractivity contribution < 1.29 is 9.90 Å². The van der Waals surface area contributed by atoms with Gasteiger partial charge in [-0.05, 0) is 18.2 Å². The minimum absolute atomic E-state index is 0.0612. The molecule has 0 saturated heterocycles. The fourth-order valence-electron chi connectivity index (χ4n) is 1.66. The van der Waals surface area contributed by atoms with E-state index >= 15 is 0 Å². The Bertz CT molecular complexity index is 712. The molecule has 0 aliphatic carbocycles. The van der Waals surface area contributed by atoms with E-state index < -0.39 is 5.97 Å². The molecule has 104 valence electrons. The Morgan fingerprint density at radius 2 is 1.50 bits per heavy atom. The number of hydrogen-bond acceptors (Lipinski definition) is 1. The lowest BCUT2D eigenvalue weighted by atomic mass is 10.0. The van der Waals surface area contributed by atoms with Gasteiger partial charge in [0.15, 0.2) is 0 Å². The summed E-state index contributed by atoms with van der Waals surface area (Å²) in [6.45, 7) is 0. The van der Waals surface area contributed by atoms with Crippen molar-refractivity contribution in [3.8, 4) is 11.1 Å². The van der Waals surface area contributed by atoms with Crippen LogP contribution in [0.4, 0.5) is 0 Å². The number of carboxylic acid groups (broad SMARTS) is 1. The van der Waals surface area contributed by atoms with Crippen molar-refractivity contribution in [1.29, 1.82) is 0 Å². The van der Waals surface area contributed by atoms with Gasteiger partial charge in [0.25, 0.3) is 0 Å². The fourth-order valence-corrected chi connectivity index (χ4v) is 3.06. The third-order valence-electron chi connectivity index (χ3n) is 2.60. The number of hydrogen-bond donors (Lipinski definition) is 1. The second-order valence-electron chi connectivity index (χ2n) is 3.84. The highest BCUT2D eigenvalue weighted by atomic mass is 35.5. The summed E-state index contributed by atoms with van der Waals surface area (Å²) in [6.07, 6.45) is 0. The zero-order valence-corrected chi connectivity index (χ0v) is 13.3. The Morgan fingerprint density at radius 1 is 0.850 bits per heavy atom. The molecule has 0 fully saturated rings. The van der Waals surface area contributed by atoms with Crippen molar-refractivity contribution in [1.82, 2.24) is 0 Å². The van der Waals surface area contributed by atoms with Crippen LogP contribution in [0.3, 0.4) is 0 Å². The maximum atomic E-state index is 10.9. The first-order valence-electron chi connectivity index (χ1n) is 5.19. The van der Waals surface area contributed by atoms with Crippen LogP contribution in [-0.2, 0) is 0 Å². The van der Waals surface area contributed by atoms with Gasteiger partial charge in [-0.1, -0.05) is 64.1 Å². The highest BCUT2D eigenvalue weighted by Crippen LogP contribution is 2.45. The first kappa shape index (κ1) is 15.7. The van der Waals surface area contributed by atoms with Crippen molar-refractivity contribution in [2.24, 2.45) is 0 Å². The van der Waals surface area contributed by atoms with Crippen molar-refractivity contribution in [2.75, 3.05) is 0 Å². The Kier molecular flexibility index (Phi) is 4.73. The minimum Gasteiger partial charge on any atom is -0.478 e. The highest BCUT2D eigenvalue weighted by molar-refractivity contribution is 6.51. The van der Waals surface area contributed by atoms with Crippen LogP contribution in [0.1, 0.15) is 10.4 Å². The van der Waals surface area contributed by atoms with Gasteiger partial charge in [0.05, 0.1) is 25.7 Å². The third-order valence-corrected chi connectivity index (χ3v) is 4.47. The Labute approximate surface area is 139 Å². The van der Waals surface area contributed by atoms with E-state index in [4.69, 9.17) is 63.1 Å². The Balaban J connectivity index is 2.69. The van der Waals surface area contributed by atoms with E-state index in [2.05, 4.69) is 0 Å².